The lowest BCUT2D eigenvalue weighted by atomic mass is 10.2. The molecule has 0 unspecified atom stereocenters. The van der Waals surface area contributed by atoms with Gasteiger partial charge in [0.1, 0.15) is 0 Å². The fourth-order valence-electron chi connectivity index (χ4n) is 1.90. The average Bonchev–Trinajstić information content (AvgIpc) is 2.44. The Morgan fingerprint density at radius 3 is 2.33 bits per heavy atom. The molecule has 1 saturated heterocycles. The van der Waals surface area contributed by atoms with E-state index in [1.807, 2.05) is 4.90 Å². The van der Waals surface area contributed by atoms with Crippen LogP contribution in [0.2, 0.25) is 0 Å². The van der Waals surface area contributed by atoms with Crippen LogP contribution in [0.1, 0.15) is 39.5 Å². The monoisotopic (exact) mass is 212 g/mol. The van der Waals surface area contributed by atoms with Crippen LogP contribution in [-0.2, 0) is 4.79 Å². The molecule has 0 aromatic carbocycles. The van der Waals surface area contributed by atoms with Crippen LogP contribution in [-0.4, -0.2) is 37.0 Å². The molecule has 3 nitrogen and oxygen atoms in total. The molecule has 1 rings (SSSR count). The number of hydrogen-bond donors (Lipinski definition) is 1. The van der Waals surface area contributed by atoms with Crippen LogP contribution >= 0.6 is 0 Å². The van der Waals surface area contributed by atoms with Crippen molar-refractivity contribution >= 4 is 5.91 Å². The summed E-state index contributed by atoms with van der Waals surface area (Å²) in [5, 5.41) is 3.21. The molecule has 0 atom stereocenters. The molecule has 1 heterocycles. The minimum Gasteiger partial charge on any atom is -0.342 e. The third kappa shape index (κ3) is 5.17. The summed E-state index contributed by atoms with van der Waals surface area (Å²) >= 11 is 0. The summed E-state index contributed by atoms with van der Waals surface area (Å²) in [5.74, 6) is 0.888. The summed E-state index contributed by atoms with van der Waals surface area (Å²) in [6, 6.07) is 0. The van der Waals surface area contributed by atoms with E-state index in [0.717, 1.165) is 19.6 Å². The second-order valence-electron chi connectivity index (χ2n) is 4.82. The van der Waals surface area contributed by atoms with Gasteiger partial charge in [-0.05, 0) is 25.3 Å². The van der Waals surface area contributed by atoms with Gasteiger partial charge in [-0.25, -0.2) is 0 Å². The van der Waals surface area contributed by atoms with E-state index < -0.39 is 0 Å². The van der Waals surface area contributed by atoms with E-state index >= 15 is 0 Å². The van der Waals surface area contributed by atoms with E-state index in [9.17, 15) is 4.79 Å². The standard InChI is InChI=1S/C12H24N2O/c1-11(2)9-13-10-12(15)14-7-5-3-4-6-8-14/h11,13H,3-10H2,1-2H3. The van der Waals surface area contributed by atoms with Gasteiger partial charge in [0.15, 0.2) is 0 Å². The fourth-order valence-corrected chi connectivity index (χ4v) is 1.90. The Morgan fingerprint density at radius 2 is 1.80 bits per heavy atom. The van der Waals surface area contributed by atoms with Crippen molar-refractivity contribution in [2.24, 2.45) is 5.92 Å². The van der Waals surface area contributed by atoms with E-state index in [2.05, 4.69) is 19.2 Å². The van der Waals surface area contributed by atoms with E-state index in [1.54, 1.807) is 0 Å². The second-order valence-corrected chi connectivity index (χ2v) is 4.82. The van der Waals surface area contributed by atoms with Gasteiger partial charge >= 0.3 is 0 Å². The molecule has 0 saturated carbocycles. The lowest BCUT2D eigenvalue weighted by Crippen LogP contribution is -2.39. The molecule has 1 aliphatic heterocycles. The summed E-state index contributed by atoms with van der Waals surface area (Å²) in [7, 11) is 0. The zero-order valence-electron chi connectivity index (χ0n) is 10.1. The molecule has 1 aliphatic rings. The lowest BCUT2D eigenvalue weighted by Gasteiger charge is -2.20. The predicted octanol–water partition coefficient (Wildman–Crippen LogP) is 1.63. The Hall–Kier alpha value is -0.570. The molecule has 0 aromatic heterocycles. The van der Waals surface area contributed by atoms with Crippen LogP contribution in [0.5, 0.6) is 0 Å². The van der Waals surface area contributed by atoms with Crippen molar-refractivity contribution in [2.75, 3.05) is 26.2 Å². The summed E-state index contributed by atoms with van der Waals surface area (Å²) in [5.41, 5.74) is 0. The van der Waals surface area contributed by atoms with Crippen molar-refractivity contribution in [1.29, 1.82) is 0 Å². The van der Waals surface area contributed by atoms with Crippen molar-refractivity contribution in [1.82, 2.24) is 10.2 Å². The average molecular weight is 212 g/mol. The Morgan fingerprint density at radius 1 is 1.20 bits per heavy atom. The number of carbonyl (C=O) groups is 1. The van der Waals surface area contributed by atoms with Crippen LogP contribution in [0.25, 0.3) is 0 Å². The SMILES string of the molecule is CC(C)CNCC(=O)N1CCCCCC1. The molecule has 3 heteroatoms. The largest absolute Gasteiger partial charge is 0.342 e. The lowest BCUT2D eigenvalue weighted by molar-refractivity contribution is -0.130. The zero-order valence-corrected chi connectivity index (χ0v) is 10.1. The zero-order chi connectivity index (χ0) is 11.1. The van der Waals surface area contributed by atoms with Gasteiger partial charge in [0.25, 0.3) is 0 Å². The van der Waals surface area contributed by atoms with Crippen LogP contribution in [0.15, 0.2) is 0 Å². The molecule has 0 radical (unpaired) electrons. The number of nitrogens with one attached hydrogen (secondary N) is 1. The van der Waals surface area contributed by atoms with Crippen LogP contribution in [0, 0.1) is 5.92 Å². The summed E-state index contributed by atoms with van der Waals surface area (Å²) in [6.45, 7) is 7.68. The van der Waals surface area contributed by atoms with Gasteiger partial charge in [-0.15, -0.1) is 0 Å². The number of likely N-dealkylation sites (tertiary alicyclic amines) is 1. The Bertz CT molecular complexity index is 184. The van der Waals surface area contributed by atoms with Crippen molar-refractivity contribution in [3.05, 3.63) is 0 Å². The van der Waals surface area contributed by atoms with E-state index in [0.29, 0.717) is 12.5 Å². The number of hydrogen-bond acceptors (Lipinski definition) is 2. The first kappa shape index (κ1) is 12.5. The van der Waals surface area contributed by atoms with E-state index in [-0.39, 0.29) is 5.91 Å². The molecule has 88 valence electrons. The maximum absolute atomic E-state index is 11.8. The normalized spacial score (nSPS) is 17.9. The highest BCUT2D eigenvalue weighted by Crippen LogP contribution is 2.09. The fraction of sp³-hybridized carbons (Fsp3) is 0.917. The highest BCUT2D eigenvalue weighted by Gasteiger charge is 2.14. The highest BCUT2D eigenvalue weighted by atomic mass is 16.2. The first-order valence-corrected chi connectivity index (χ1v) is 6.18. The van der Waals surface area contributed by atoms with Crippen molar-refractivity contribution in [3.63, 3.8) is 0 Å². The van der Waals surface area contributed by atoms with Gasteiger partial charge in [-0.1, -0.05) is 26.7 Å². The third-order valence-electron chi connectivity index (χ3n) is 2.79. The van der Waals surface area contributed by atoms with Gasteiger partial charge in [0, 0.05) is 13.1 Å². The summed E-state index contributed by atoms with van der Waals surface area (Å²) in [6.07, 6.45) is 4.91. The van der Waals surface area contributed by atoms with Crippen molar-refractivity contribution < 1.29 is 4.79 Å². The first-order chi connectivity index (χ1) is 7.20. The molecule has 15 heavy (non-hydrogen) atoms. The van der Waals surface area contributed by atoms with E-state index in [1.165, 1.54) is 25.7 Å². The number of carbonyl (C=O) groups excluding carboxylic acids is 1. The molecule has 0 aromatic rings. The van der Waals surface area contributed by atoms with Gasteiger partial charge in [-0.2, -0.15) is 0 Å². The number of amides is 1. The summed E-state index contributed by atoms with van der Waals surface area (Å²) < 4.78 is 0. The molecule has 1 N–H and O–H groups in total. The molecule has 1 fully saturated rings. The second kappa shape index (κ2) is 6.83. The minimum absolute atomic E-state index is 0.276. The third-order valence-corrected chi connectivity index (χ3v) is 2.79. The molecule has 0 bridgehead atoms. The number of rotatable bonds is 4. The van der Waals surface area contributed by atoms with E-state index in [4.69, 9.17) is 0 Å². The topological polar surface area (TPSA) is 32.3 Å². The van der Waals surface area contributed by atoms with Gasteiger partial charge in [0.05, 0.1) is 6.54 Å². The Labute approximate surface area is 93.2 Å². The molecule has 1 amide bonds. The summed E-state index contributed by atoms with van der Waals surface area (Å²) in [4.78, 5) is 13.8. The van der Waals surface area contributed by atoms with Gasteiger partial charge in [0.2, 0.25) is 5.91 Å². The smallest absolute Gasteiger partial charge is 0.236 e. The highest BCUT2D eigenvalue weighted by molar-refractivity contribution is 5.78. The number of nitrogens with zero attached hydrogens (tertiary/aromatic N) is 1. The Kier molecular flexibility index (Phi) is 5.69. The predicted molar refractivity (Wildman–Crippen MR) is 62.8 cm³/mol. The first-order valence-electron chi connectivity index (χ1n) is 6.18. The van der Waals surface area contributed by atoms with Crippen molar-refractivity contribution in [2.45, 2.75) is 39.5 Å². The minimum atomic E-state index is 0.276. The van der Waals surface area contributed by atoms with Crippen LogP contribution in [0.4, 0.5) is 0 Å². The van der Waals surface area contributed by atoms with Crippen LogP contribution < -0.4 is 5.32 Å². The van der Waals surface area contributed by atoms with Gasteiger partial charge < -0.3 is 10.2 Å². The maximum atomic E-state index is 11.8. The maximum Gasteiger partial charge on any atom is 0.236 e. The molecular weight excluding hydrogens is 188 g/mol. The molecular formula is C12H24N2O. The quantitative estimate of drug-likeness (QED) is 0.768. The molecule has 0 spiro atoms. The Balaban J connectivity index is 2.19. The van der Waals surface area contributed by atoms with Gasteiger partial charge in [-0.3, -0.25) is 4.79 Å². The molecule has 0 aliphatic carbocycles. The van der Waals surface area contributed by atoms with Crippen LogP contribution in [0.3, 0.4) is 0 Å². The van der Waals surface area contributed by atoms with Crippen molar-refractivity contribution in [3.8, 4) is 0 Å².